The van der Waals surface area contributed by atoms with Crippen molar-refractivity contribution in [2.24, 2.45) is 0 Å². The van der Waals surface area contributed by atoms with Crippen molar-refractivity contribution in [1.82, 2.24) is 4.98 Å². The zero-order chi connectivity index (χ0) is 9.84. The molecular weight excluding hydrogens is 182 g/mol. The average molecular weight is 198 g/mol. The molecule has 2 heteroatoms. The first-order valence-corrected chi connectivity index (χ1v) is 5.17. The molecular formula is C11H16ClN. The Morgan fingerprint density at radius 1 is 1.46 bits per heavy atom. The minimum absolute atomic E-state index is 0.528. The summed E-state index contributed by atoms with van der Waals surface area (Å²) in [5.41, 5.74) is 2.45. The summed E-state index contributed by atoms with van der Waals surface area (Å²) in [5.74, 6) is 0.528. The molecule has 0 atom stereocenters. The molecule has 0 saturated carbocycles. The van der Waals surface area contributed by atoms with Gasteiger partial charge in [0.2, 0.25) is 0 Å². The van der Waals surface area contributed by atoms with Crippen LogP contribution < -0.4 is 0 Å². The maximum absolute atomic E-state index is 5.97. The lowest BCUT2D eigenvalue weighted by molar-refractivity contribution is 0.842. The Hall–Kier alpha value is -0.560. The van der Waals surface area contributed by atoms with Gasteiger partial charge in [0.25, 0.3) is 0 Å². The maximum atomic E-state index is 5.97. The number of halogens is 1. The zero-order valence-electron chi connectivity index (χ0n) is 8.47. The summed E-state index contributed by atoms with van der Waals surface area (Å²) in [6, 6.07) is 2.17. The van der Waals surface area contributed by atoms with Crippen molar-refractivity contribution < 1.29 is 0 Å². The van der Waals surface area contributed by atoms with Crippen LogP contribution in [0.5, 0.6) is 0 Å². The molecule has 1 aromatic heterocycles. The van der Waals surface area contributed by atoms with Crippen LogP contribution in [0.1, 0.15) is 44.2 Å². The number of hydrogen-bond donors (Lipinski definition) is 0. The number of nitrogens with zero attached hydrogens (tertiary/aromatic N) is 1. The van der Waals surface area contributed by atoms with Gasteiger partial charge < -0.3 is 0 Å². The van der Waals surface area contributed by atoms with E-state index < -0.39 is 0 Å². The van der Waals surface area contributed by atoms with Crippen LogP contribution in [-0.4, -0.2) is 4.98 Å². The van der Waals surface area contributed by atoms with E-state index in [0.29, 0.717) is 11.1 Å². The lowest BCUT2D eigenvalue weighted by atomic mass is 10.0. The molecule has 0 fully saturated rings. The van der Waals surface area contributed by atoms with Crippen molar-refractivity contribution in [3.05, 3.63) is 28.5 Å². The summed E-state index contributed by atoms with van der Waals surface area (Å²) < 4.78 is 0. The Labute approximate surface area is 85.1 Å². The smallest absolute Gasteiger partial charge is 0.132 e. The van der Waals surface area contributed by atoms with Gasteiger partial charge in [0.05, 0.1) is 0 Å². The molecule has 13 heavy (non-hydrogen) atoms. The highest BCUT2D eigenvalue weighted by Gasteiger charge is 2.04. The summed E-state index contributed by atoms with van der Waals surface area (Å²) in [7, 11) is 0. The molecule has 1 rings (SSSR count). The number of aryl methyl sites for hydroxylation is 1. The van der Waals surface area contributed by atoms with Crippen LogP contribution >= 0.6 is 11.6 Å². The average Bonchev–Trinajstić information content (AvgIpc) is 2.08. The molecule has 0 saturated heterocycles. The highest BCUT2D eigenvalue weighted by Crippen LogP contribution is 2.20. The van der Waals surface area contributed by atoms with Gasteiger partial charge in [0.15, 0.2) is 0 Å². The molecule has 1 aromatic rings. The van der Waals surface area contributed by atoms with E-state index in [1.165, 1.54) is 11.1 Å². The van der Waals surface area contributed by atoms with E-state index in [2.05, 4.69) is 31.8 Å². The van der Waals surface area contributed by atoms with Crippen LogP contribution in [0.3, 0.4) is 0 Å². The first kappa shape index (κ1) is 10.5. The molecule has 0 aromatic carbocycles. The predicted molar refractivity (Wildman–Crippen MR) is 57.3 cm³/mol. The molecule has 72 valence electrons. The van der Waals surface area contributed by atoms with Crippen molar-refractivity contribution >= 4 is 11.6 Å². The van der Waals surface area contributed by atoms with Gasteiger partial charge >= 0.3 is 0 Å². The summed E-state index contributed by atoms with van der Waals surface area (Å²) in [6.45, 7) is 6.49. The first-order valence-electron chi connectivity index (χ1n) is 4.79. The predicted octanol–water partition coefficient (Wildman–Crippen LogP) is 3.81. The van der Waals surface area contributed by atoms with Crippen molar-refractivity contribution in [2.45, 2.75) is 39.5 Å². The zero-order valence-corrected chi connectivity index (χ0v) is 9.23. The summed E-state index contributed by atoms with van der Waals surface area (Å²) >= 11 is 5.97. The number of aromatic nitrogens is 1. The molecule has 0 spiro atoms. The van der Waals surface area contributed by atoms with Gasteiger partial charge in [-0.05, 0) is 23.5 Å². The van der Waals surface area contributed by atoms with E-state index in [1.54, 1.807) is 0 Å². The van der Waals surface area contributed by atoms with E-state index in [-0.39, 0.29) is 0 Å². The monoisotopic (exact) mass is 197 g/mol. The van der Waals surface area contributed by atoms with E-state index in [9.17, 15) is 0 Å². The summed E-state index contributed by atoms with van der Waals surface area (Å²) in [5, 5.41) is 0.659. The standard InChI is InChI=1S/C11H16ClN/c1-4-5-9-6-10(8(2)3)7-13-11(9)12/h6-8H,4-5H2,1-3H3. The molecule has 0 aliphatic heterocycles. The second-order valence-electron chi connectivity index (χ2n) is 3.62. The highest BCUT2D eigenvalue weighted by molar-refractivity contribution is 6.30. The Morgan fingerprint density at radius 3 is 2.69 bits per heavy atom. The Kier molecular flexibility index (Phi) is 3.73. The van der Waals surface area contributed by atoms with Gasteiger partial charge in [-0.1, -0.05) is 44.9 Å². The van der Waals surface area contributed by atoms with Gasteiger partial charge in [0, 0.05) is 6.20 Å². The third-order valence-electron chi connectivity index (χ3n) is 2.12. The molecule has 0 radical (unpaired) electrons. The third-order valence-corrected chi connectivity index (χ3v) is 2.46. The third kappa shape index (κ3) is 2.70. The normalized spacial score (nSPS) is 10.8. The van der Waals surface area contributed by atoms with Crippen LogP contribution in [0.4, 0.5) is 0 Å². The second-order valence-corrected chi connectivity index (χ2v) is 3.98. The van der Waals surface area contributed by atoms with Crippen LogP contribution in [0.15, 0.2) is 12.3 Å². The fraction of sp³-hybridized carbons (Fsp3) is 0.545. The fourth-order valence-electron chi connectivity index (χ4n) is 1.27. The van der Waals surface area contributed by atoms with Gasteiger partial charge in [0.1, 0.15) is 5.15 Å². The van der Waals surface area contributed by atoms with Gasteiger partial charge in [-0.2, -0.15) is 0 Å². The summed E-state index contributed by atoms with van der Waals surface area (Å²) in [4.78, 5) is 4.18. The summed E-state index contributed by atoms with van der Waals surface area (Å²) in [6.07, 6.45) is 4.00. The lowest BCUT2D eigenvalue weighted by Gasteiger charge is -2.08. The van der Waals surface area contributed by atoms with Crippen LogP contribution in [0, 0.1) is 0 Å². The Balaban J connectivity index is 2.97. The molecule has 0 N–H and O–H groups in total. The number of pyridine rings is 1. The maximum Gasteiger partial charge on any atom is 0.132 e. The highest BCUT2D eigenvalue weighted by atomic mass is 35.5. The van der Waals surface area contributed by atoms with Crippen molar-refractivity contribution in [2.75, 3.05) is 0 Å². The second kappa shape index (κ2) is 4.61. The Bertz CT molecular complexity index is 281. The first-order chi connectivity index (χ1) is 6.15. The van der Waals surface area contributed by atoms with E-state index in [4.69, 9.17) is 11.6 Å². The van der Waals surface area contributed by atoms with E-state index in [0.717, 1.165) is 12.8 Å². The van der Waals surface area contributed by atoms with Gasteiger partial charge in [-0.3, -0.25) is 0 Å². The van der Waals surface area contributed by atoms with Crippen LogP contribution in [0.2, 0.25) is 5.15 Å². The molecule has 1 heterocycles. The topological polar surface area (TPSA) is 12.9 Å². The number of rotatable bonds is 3. The Morgan fingerprint density at radius 2 is 2.15 bits per heavy atom. The van der Waals surface area contributed by atoms with Crippen molar-refractivity contribution in [3.63, 3.8) is 0 Å². The van der Waals surface area contributed by atoms with E-state index in [1.807, 2.05) is 6.20 Å². The largest absolute Gasteiger partial charge is 0.244 e. The van der Waals surface area contributed by atoms with Crippen molar-refractivity contribution in [3.8, 4) is 0 Å². The lowest BCUT2D eigenvalue weighted by Crippen LogP contribution is -1.94. The minimum Gasteiger partial charge on any atom is -0.244 e. The van der Waals surface area contributed by atoms with Crippen LogP contribution in [0.25, 0.3) is 0 Å². The molecule has 0 unspecified atom stereocenters. The minimum atomic E-state index is 0.528. The van der Waals surface area contributed by atoms with E-state index >= 15 is 0 Å². The van der Waals surface area contributed by atoms with Gasteiger partial charge in [-0.25, -0.2) is 4.98 Å². The molecule has 0 aliphatic rings. The SMILES string of the molecule is CCCc1cc(C(C)C)cnc1Cl. The molecule has 0 bridgehead atoms. The van der Waals surface area contributed by atoms with Crippen molar-refractivity contribution in [1.29, 1.82) is 0 Å². The fourth-order valence-corrected chi connectivity index (χ4v) is 1.47. The molecule has 0 aliphatic carbocycles. The van der Waals surface area contributed by atoms with Crippen LogP contribution in [-0.2, 0) is 6.42 Å². The number of hydrogen-bond acceptors (Lipinski definition) is 1. The van der Waals surface area contributed by atoms with Gasteiger partial charge in [-0.15, -0.1) is 0 Å². The molecule has 1 nitrogen and oxygen atoms in total. The quantitative estimate of drug-likeness (QED) is 0.672. The molecule has 0 amide bonds.